The Morgan fingerprint density at radius 1 is 0.795 bits per heavy atom. The monoisotopic (exact) mass is 526 g/mol. The van der Waals surface area contributed by atoms with E-state index in [4.69, 9.17) is 13.9 Å². The van der Waals surface area contributed by atoms with Crippen molar-refractivity contribution in [3.8, 4) is 23.0 Å². The maximum atomic E-state index is 6.75. The van der Waals surface area contributed by atoms with Gasteiger partial charge in [-0.3, -0.25) is 0 Å². The van der Waals surface area contributed by atoms with E-state index in [-0.39, 0.29) is 12.1 Å². The lowest BCUT2D eigenvalue weighted by molar-refractivity contribution is 0.463. The molecule has 6 aromatic rings. The summed E-state index contributed by atoms with van der Waals surface area (Å²) in [6.07, 6.45) is 3.42. The molecule has 0 amide bonds. The van der Waals surface area contributed by atoms with E-state index >= 15 is 0 Å². The Labute approximate surface area is 231 Å². The zero-order valence-electron chi connectivity index (χ0n) is 22.5. The molecule has 0 radical (unpaired) electrons. The largest absolute Gasteiger partial charge is 0.457 e. The van der Waals surface area contributed by atoms with E-state index in [9.17, 15) is 0 Å². The first kappa shape index (κ1) is 22.2. The van der Waals surface area contributed by atoms with Crippen LogP contribution in [-0.2, 0) is 18.3 Å². The number of aryl methyl sites for hydroxylation is 3. The molecule has 4 heterocycles. The summed E-state index contributed by atoms with van der Waals surface area (Å²) in [5, 5.41) is 3.52. The van der Waals surface area contributed by atoms with Crippen LogP contribution in [0, 0.1) is 6.92 Å². The number of furan rings is 1. The van der Waals surface area contributed by atoms with E-state index in [0.29, 0.717) is 0 Å². The van der Waals surface area contributed by atoms with Gasteiger partial charge in [0.1, 0.15) is 22.8 Å². The fraction of sp³-hybridized carbons (Fsp3) is 0.235. The minimum absolute atomic E-state index is 0.0434. The van der Waals surface area contributed by atoms with Gasteiger partial charge < -0.3 is 13.9 Å². The van der Waals surface area contributed by atoms with E-state index < -0.39 is 0 Å². The van der Waals surface area contributed by atoms with Crippen molar-refractivity contribution in [1.82, 2.24) is 0 Å². The smallest absolute Gasteiger partial charge is 0.273 e. The van der Waals surface area contributed by atoms with Gasteiger partial charge in [0.15, 0.2) is 11.3 Å². The summed E-state index contributed by atoms with van der Waals surface area (Å²) in [5.41, 5.74) is 9.49. The SMILES string of the molecule is Cc1cc2c3c(c1)Oc1c(ccc4c1oc1c5c(ccc14)CCC5)B3c1sc3ccc(C(C)(C)C)cc3c1O2. The molecule has 2 aromatic heterocycles. The van der Waals surface area contributed by atoms with Crippen LogP contribution in [0.25, 0.3) is 32.0 Å². The van der Waals surface area contributed by atoms with Crippen LogP contribution in [0.4, 0.5) is 0 Å². The molecule has 0 N–H and O–H groups in total. The predicted octanol–water partition coefficient (Wildman–Crippen LogP) is 7.62. The van der Waals surface area contributed by atoms with Crippen LogP contribution in [0.1, 0.15) is 49.4 Å². The molecule has 0 saturated carbocycles. The highest BCUT2D eigenvalue weighted by Crippen LogP contribution is 2.45. The Morgan fingerprint density at radius 3 is 2.38 bits per heavy atom. The summed E-state index contributed by atoms with van der Waals surface area (Å²) < 4.78 is 22.7. The highest BCUT2D eigenvalue weighted by Gasteiger charge is 2.43. The molecule has 3 nitrogen and oxygen atoms in total. The van der Waals surface area contributed by atoms with Crippen LogP contribution in [0.15, 0.2) is 59.0 Å². The first-order valence-corrected chi connectivity index (χ1v) is 14.7. The fourth-order valence-electron chi connectivity index (χ4n) is 6.98. The second-order valence-electron chi connectivity index (χ2n) is 12.5. The second kappa shape index (κ2) is 7.28. The van der Waals surface area contributed by atoms with Crippen LogP contribution in [0.3, 0.4) is 0 Å². The number of ether oxygens (including phenoxy) is 2. The van der Waals surface area contributed by atoms with Crippen molar-refractivity contribution < 1.29 is 13.9 Å². The first-order valence-electron chi connectivity index (χ1n) is 13.9. The average Bonchev–Trinajstić information content (AvgIpc) is 3.62. The third-order valence-corrected chi connectivity index (χ3v) is 10.2. The highest BCUT2D eigenvalue weighted by atomic mass is 32.1. The molecule has 0 unspecified atom stereocenters. The summed E-state index contributed by atoms with van der Waals surface area (Å²) in [7, 11) is 0. The predicted molar refractivity (Wildman–Crippen MR) is 162 cm³/mol. The average molecular weight is 526 g/mol. The molecule has 0 saturated heterocycles. The minimum atomic E-state index is 0.0434. The molecule has 190 valence electrons. The van der Waals surface area contributed by atoms with Crippen molar-refractivity contribution in [1.29, 1.82) is 0 Å². The van der Waals surface area contributed by atoms with Gasteiger partial charge in [0, 0.05) is 31.1 Å². The number of thiophene rings is 1. The molecule has 4 aromatic carbocycles. The molecule has 39 heavy (non-hydrogen) atoms. The van der Waals surface area contributed by atoms with Gasteiger partial charge in [-0.1, -0.05) is 51.1 Å². The van der Waals surface area contributed by atoms with Crippen LogP contribution < -0.4 is 25.2 Å². The van der Waals surface area contributed by atoms with Gasteiger partial charge >= 0.3 is 0 Å². The van der Waals surface area contributed by atoms with E-state index in [1.165, 1.54) is 43.4 Å². The molecule has 0 fully saturated rings. The van der Waals surface area contributed by atoms with Gasteiger partial charge in [0.2, 0.25) is 0 Å². The topological polar surface area (TPSA) is 31.6 Å². The number of hydrogen-bond donors (Lipinski definition) is 0. The normalized spacial score (nSPS) is 15.2. The van der Waals surface area contributed by atoms with Gasteiger partial charge in [0.25, 0.3) is 6.71 Å². The zero-order valence-corrected chi connectivity index (χ0v) is 23.3. The van der Waals surface area contributed by atoms with Gasteiger partial charge in [-0.15, -0.1) is 11.3 Å². The molecule has 1 aliphatic carbocycles. The van der Waals surface area contributed by atoms with Gasteiger partial charge in [0.05, 0.1) is 0 Å². The third-order valence-electron chi connectivity index (χ3n) is 8.94. The minimum Gasteiger partial charge on any atom is -0.457 e. The van der Waals surface area contributed by atoms with Crippen molar-refractivity contribution in [2.24, 2.45) is 0 Å². The number of rotatable bonds is 0. The Bertz CT molecular complexity index is 2060. The molecule has 0 bridgehead atoms. The van der Waals surface area contributed by atoms with Crippen molar-refractivity contribution >= 4 is 65.8 Å². The Hall–Kier alpha value is -3.70. The fourth-order valence-corrected chi connectivity index (χ4v) is 8.22. The summed E-state index contributed by atoms with van der Waals surface area (Å²) in [6.45, 7) is 8.95. The van der Waals surface area contributed by atoms with E-state index in [1.54, 1.807) is 0 Å². The number of hydrogen-bond acceptors (Lipinski definition) is 4. The summed E-state index contributed by atoms with van der Waals surface area (Å²) in [6, 6.07) is 20.2. The molecular formula is C34H27BO3S. The second-order valence-corrected chi connectivity index (χ2v) is 13.5. The lowest BCUT2D eigenvalue weighted by atomic mass is 9.37. The van der Waals surface area contributed by atoms with Crippen molar-refractivity contribution in [2.45, 2.75) is 52.4 Å². The van der Waals surface area contributed by atoms with Gasteiger partial charge in [-0.2, -0.15) is 0 Å². The number of fused-ring (bicyclic) bond motifs is 12. The lowest BCUT2D eigenvalue weighted by Crippen LogP contribution is -2.56. The first-order chi connectivity index (χ1) is 18.8. The van der Waals surface area contributed by atoms with Gasteiger partial charge in [-0.25, -0.2) is 0 Å². The quantitative estimate of drug-likeness (QED) is 0.191. The van der Waals surface area contributed by atoms with Gasteiger partial charge in [-0.05, 0) is 83.6 Å². The van der Waals surface area contributed by atoms with Crippen LogP contribution in [0.2, 0.25) is 0 Å². The Kier molecular flexibility index (Phi) is 4.13. The molecule has 2 aliphatic heterocycles. The highest BCUT2D eigenvalue weighted by molar-refractivity contribution is 7.33. The summed E-state index contributed by atoms with van der Waals surface area (Å²) >= 11 is 1.84. The van der Waals surface area contributed by atoms with E-state index in [2.05, 4.69) is 82.3 Å². The molecule has 0 spiro atoms. The van der Waals surface area contributed by atoms with Crippen LogP contribution >= 0.6 is 11.3 Å². The third kappa shape index (κ3) is 2.89. The molecule has 5 heteroatoms. The standard InChI is InChI=1S/C34H27BO3S/c1-17-14-25-28-26(15-17)37-32-24(12-11-22-21-10-8-18-6-5-7-20(18)29(21)38-30(22)32)35(28)33-31(36-25)23-16-19(34(2,3)4)9-13-27(23)39-33/h8-16H,5-7H2,1-4H3. The molecule has 0 atom stereocenters. The summed E-state index contributed by atoms with van der Waals surface area (Å²) in [4.78, 5) is 0. The molecular weight excluding hydrogens is 499 g/mol. The Morgan fingerprint density at radius 2 is 1.56 bits per heavy atom. The number of benzene rings is 4. The maximum absolute atomic E-state index is 6.75. The molecule has 3 aliphatic rings. The van der Waals surface area contributed by atoms with Crippen LogP contribution in [-0.4, -0.2) is 6.71 Å². The lowest BCUT2D eigenvalue weighted by Gasteiger charge is -2.31. The van der Waals surface area contributed by atoms with E-state index in [0.717, 1.165) is 68.9 Å². The van der Waals surface area contributed by atoms with Crippen molar-refractivity contribution in [2.75, 3.05) is 0 Å². The van der Waals surface area contributed by atoms with Crippen molar-refractivity contribution in [3.63, 3.8) is 0 Å². The maximum Gasteiger partial charge on any atom is 0.273 e. The van der Waals surface area contributed by atoms with Crippen molar-refractivity contribution in [3.05, 3.63) is 76.9 Å². The van der Waals surface area contributed by atoms with Crippen LogP contribution in [0.5, 0.6) is 23.0 Å². The Balaban J connectivity index is 1.34. The molecule has 9 rings (SSSR count). The summed E-state index contributed by atoms with van der Waals surface area (Å²) in [5.74, 6) is 3.62. The van der Waals surface area contributed by atoms with E-state index in [1.807, 2.05) is 11.3 Å². The zero-order chi connectivity index (χ0) is 26.2.